The van der Waals surface area contributed by atoms with E-state index >= 15 is 0 Å². The molecule has 2 aromatic carbocycles. The summed E-state index contributed by atoms with van der Waals surface area (Å²) in [5.74, 6) is -1.52. The fourth-order valence-corrected chi connectivity index (χ4v) is 2.57. The minimum atomic E-state index is -1.52. The van der Waals surface area contributed by atoms with Gasteiger partial charge in [0.05, 0.1) is 0 Å². The van der Waals surface area contributed by atoms with Crippen molar-refractivity contribution in [1.29, 1.82) is 0 Å². The summed E-state index contributed by atoms with van der Waals surface area (Å²) < 4.78 is 5.90. The first-order valence-corrected chi connectivity index (χ1v) is 6.80. The molecule has 1 heterocycles. The Labute approximate surface area is 123 Å². The van der Waals surface area contributed by atoms with Crippen LogP contribution in [0.3, 0.4) is 0 Å². The number of nitrogens with zero attached hydrogens (tertiary/aromatic N) is 1. The molecule has 0 aromatic heterocycles. The van der Waals surface area contributed by atoms with Crippen molar-refractivity contribution in [2.45, 2.75) is 25.4 Å². The molecular weight excluding hydrogens is 266 g/mol. The van der Waals surface area contributed by atoms with Gasteiger partial charge in [-0.3, -0.25) is 0 Å². The number of hydrogen-bond donors (Lipinski definition) is 0. The van der Waals surface area contributed by atoms with Crippen LogP contribution < -0.4 is 5.26 Å². The Morgan fingerprint density at radius 1 is 0.952 bits per heavy atom. The minimum Gasteiger partial charge on any atom is -0.721 e. The predicted molar refractivity (Wildman–Crippen MR) is 77.3 cm³/mol. The van der Waals surface area contributed by atoms with E-state index in [9.17, 15) is 5.26 Å². The van der Waals surface area contributed by atoms with Crippen molar-refractivity contribution in [3.63, 3.8) is 0 Å². The summed E-state index contributed by atoms with van der Waals surface area (Å²) in [6.07, 6.45) is 0. The molecule has 0 aliphatic carbocycles. The van der Waals surface area contributed by atoms with Gasteiger partial charge in [-0.2, -0.15) is 0 Å². The van der Waals surface area contributed by atoms with Gasteiger partial charge in [0.1, 0.15) is 5.71 Å². The van der Waals surface area contributed by atoms with Crippen LogP contribution in [0, 0.1) is 0 Å². The van der Waals surface area contributed by atoms with Gasteiger partial charge in [-0.05, 0) is 13.8 Å². The maximum absolute atomic E-state index is 11.6. The van der Waals surface area contributed by atoms with Crippen molar-refractivity contribution in [2.75, 3.05) is 0 Å². The Kier molecular flexibility index (Phi) is 3.37. The number of aliphatic imine (C=N–C) groups is 1. The lowest BCUT2D eigenvalue weighted by Gasteiger charge is -2.35. The Morgan fingerprint density at radius 2 is 1.52 bits per heavy atom. The van der Waals surface area contributed by atoms with Crippen LogP contribution in [0.2, 0.25) is 0 Å². The summed E-state index contributed by atoms with van der Waals surface area (Å²) in [7, 11) is 0. The highest BCUT2D eigenvalue weighted by Gasteiger charge is 2.49. The minimum absolute atomic E-state index is 0.495. The topological polar surface area (TPSA) is 53.9 Å². The van der Waals surface area contributed by atoms with Gasteiger partial charge in [0.25, 0.3) is 0 Å². The molecule has 0 radical (unpaired) electrons. The fourth-order valence-electron chi connectivity index (χ4n) is 2.57. The van der Waals surface area contributed by atoms with Crippen molar-refractivity contribution in [3.05, 3.63) is 71.8 Å². The zero-order valence-corrected chi connectivity index (χ0v) is 11.9. The molecule has 0 N–H and O–H groups in total. The molecule has 0 fully saturated rings. The molecule has 0 spiro atoms. The molecule has 0 saturated carbocycles. The maximum Gasteiger partial charge on any atom is 0.233 e. The highest BCUT2D eigenvalue weighted by Crippen LogP contribution is 2.41. The summed E-state index contributed by atoms with van der Waals surface area (Å²) in [5.41, 5.74) is 1.11. The van der Waals surface area contributed by atoms with Crippen molar-refractivity contribution in [1.82, 2.24) is 0 Å². The first-order valence-electron chi connectivity index (χ1n) is 6.80. The molecular formula is C17H16NO3-. The second kappa shape index (κ2) is 5.07. The largest absolute Gasteiger partial charge is 0.721 e. The van der Waals surface area contributed by atoms with Crippen LogP contribution in [0.15, 0.2) is 65.7 Å². The zero-order chi connectivity index (χ0) is 14.9. The van der Waals surface area contributed by atoms with Crippen molar-refractivity contribution in [2.24, 2.45) is 4.99 Å². The summed E-state index contributed by atoms with van der Waals surface area (Å²) in [5, 5.41) is 11.6. The molecule has 0 bridgehead atoms. The zero-order valence-electron chi connectivity index (χ0n) is 11.9. The van der Waals surface area contributed by atoms with Gasteiger partial charge in [-0.15, -0.1) is 0 Å². The molecule has 1 aliphatic heterocycles. The highest BCUT2D eigenvalue weighted by atomic mass is 17.1. The van der Waals surface area contributed by atoms with Crippen LogP contribution >= 0.6 is 0 Å². The maximum atomic E-state index is 11.6. The van der Waals surface area contributed by atoms with Crippen molar-refractivity contribution < 1.29 is 14.9 Å². The van der Waals surface area contributed by atoms with Crippen LogP contribution in [-0.2, 0) is 15.4 Å². The van der Waals surface area contributed by atoms with Gasteiger partial charge in [0.15, 0.2) is 5.72 Å². The van der Waals surface area contributed by atoms with Crippen LogP contribution in [-0.4, -0.2) is 11.4 Å². The molecule has 4 nitrogen and oxygen atoms in total. The van der Waals surface area contributed by atoms with Crippen LogP contribution in [0.4, 0.5) is 0 Å². The molecule has 21 heavy (non-hydrogen) atoms. The van der Waals surface area contributed by atoms with Gasteiger partial charge >= 0.3 is 0 Å². The molecule has 108 valence electrons. The van der Waals surface area contributed by atoms with Gasteiger partial charge in [-0.25, -0.2) is 4.99 Å². The summed E-state index contributed by atoms with van der Waals surface area (Å²) in [6, 6.07) is 18.6. The van der Waals surface area contributed by atoms with Crippen molar-refractivity contribution >= 4 is 5.71 Å². The second-order valence-electron chi connectivity index (χ2n) is 5.44. The summed E-state index contributed by atoms with van der Waals surface area (Å²) in [4.78, 5) is 9.15. The Hall–Kier alpha value is -2.01. The van der Waals surface area contributed by atoms with E-state index in [4.69, 9.17) is 4.74 Å². The van der Waals surface area contributed by atoms with E-state index < -0.39 is 11.5 Å². The Morgan fingerprint density at radius 3 is 2.10 bits per heavy atom. The Balaban J connectivity index is 2.18. The van der Waals surface area contributed by atoms with E-state index in [0.717, 1.165) is 5.56 Å². The Bertz CT molecular complexity index is 652. The van der Waals surface area contributed by atoms with E-state index in [2.05, 4.69) is 9.88 Å². The molecule has 1 atom stereocenters. The molecule has 2 aromatic rings. The van der Waals surface area contributed by atoms with Crippen LogP contribution in [0.1, 0.15) is 25.0 Å². The second-order valence-corrected chi connectivity index (χ2v) is 5.44. The summed E-state index contributed by atoms with van der Waals surface area (Å²) >= 11 is 0. The molecule has 0 amide bonds. The highest BCUT2D eigenvalue weighted by molar-refractivity contribution is 6.07. The quantitative estimate of drug-likeness (QED) is 0.641. The molecule has 3 rings (SSSR count). The third-order valence-corrected chi connectivity index (χ3v) is 3.40. The third kappa shape index (κ3) is 2.38. The van der Waals surface area contributed by atoms with Crippen LogP contribution in [0.5, 0.6) is 0 Å². The SMILES string of the molecule is CC1(C)N=C(c2ccccc2)C(O[O-])(c2ccccc2)O1. The van der Waals surface area contributed by atoms with Gasteiger partial charge in [0, 0.05) is 11.1 Å². The first-order chi connectivity index (χ1) is 10.1. The predicted octanol–water partition coefficient (Wildman–Crippen LogP) is 2.39. The standard InChI is InChI=1S/C17H17NO3/c1-16(2)18-15(13-9-5-3-6-10-13)17(20-16,21-19)14-11-7-4-8-12-14/h3-12,19H,1-2H3/p-1. The number of rotatable bonds is 3. The number of hydrogen-bond acceptors (Lipinski definition) is 4. The third-order valence-electron chi connectivity index (χ3n) is 3.40. The lowest BCUT2D eigenvalue weighted by atomic mass is 9.95. The van der Waals surface area contributed by atoms with Gasteiger partial charge in [-0.1, -0.05) is 60.7 Å². The first kappa shape index (κ1) is 13.9. The van der Waals surface area contributed by atoms with Crippen molar-refractivity contribution in [3.8, 4) is 0 Å². The van der Waals surface area contributed by atoms with E-state index in [-0.39, 0.29) is 0 Å². The monoisotopic (exact) mass is 282 g/mol. The number of benzene rings is 2. The average Bonchev–Trinajstić information content (AvgIpc) is 2.81. The molecule has 4 heteroatoms. The lowest BCUT2D eigenvalue weighted by molar-refractivity contribution is -0.734. The van der Waals surface area contributed by atoms with Crippen LogP contribution in [0.25, 0.3) is 0 Å². The fraction of sp³-hybridized carbons (Fsp3) is 0.235. The molecule has 1 aliphatic rings. The summed E-state index contributed by atoms with van der Waals surface area (Å²) in [6.45, 7) is 3.61. The van der Waals surface area contributed by atoms with E-state index in [1.165, 1.54) is 0 Å². The van der Waals surface area contributed by atoms with Gasteiger partial charge in [0.2, 0.25) is 5.79 Å². The van der Waals surface area contributed by atoms with Gasteiger partial charge < -0.3 is 14.9 Å². The number of ether oxygens (including phenoxy) is 1. The lowest BCUT2D eigenvalue weighted by Crippen LogP contribution is -2.44. The van der Waals surface area contributed by atoms with E-state index in [1.54, 1.807) is 26.0 Å². The van der Waals surface area contributed by atoms with E-state index in [1.807, 2.05) is 48.5 Å². The smallest absolute Gasteiger partial charge is 0.233 e. The normalized spacial score (nSPS) is 23.9. The molecule has 1 unspecified atom stereocenters. The molecule has 0 saturated heterocycles. The van der Waals surface area contributed by atoms with E-state index in [0.29, 0.717) is 11.3 Å². The average molecular weight is 282 g/mol.